The molecular weight excluding hydrogens is 414 g/mol. The Morgan fingerprint density at radius 3 is 2.70 bits per heavy atom. The summed E-state index contributed by atoms with van der Waals surface area (Å²) in [5.41, 5.74) is 5.18. The van der Waals surface area contributed by atoms with Crippen molar-refractivity contribution in [2.24, 2.45) is 5.92 Å². The van der Waals surface area contributed by atoms with Gasteiger partial charge in [-0.25, -0.2) is 0 Å². The first kappa shape index (κ1) is 22.5. The van der Waals surface area contributed by atoms with Crippen LogP contribution in [0.5, 0.6) is 5.75 Å². The van der Waals surface area contributed by atoms with Gasteiger partial charge in [-0.05, 0) is 48.2 Å². The molecule has 0 radical (unpaired) electrons. The van der Waals surface area contributed by atoms with Gasteiger partial charge in [0.15, 0.2) is 0 Å². The van der Waals surface area contributed by atoms with Gasteiger partial charge in [0.25, 0.3) is 0 Å². The minimum atomic E-state index is -0.321. The quantitative estimate of drug-likeness (QED) is 0.634. The molecule has 1 atom stereocenters. The standard InChI is InChI=1S/C27H29N3O3/c1-19-7-8-25(33-2)22(15-19)17-26(31)30-14-13-29-27(32)23(18-30)16-21-5-3-4-6-24(21)20-9-11-28-12-10-20/h3-12,15,23H,13-14,16-18H2,1-2H3,(H,29,32). The van der Waals surface area contributed by atoms with E-state index >= 15 is 0 Å². The third-order valence-electron chi connectivity index (χ3n) is 6.10. The molecule has 2 amide bonds. The minimum absolute atomic E-state index is 0.00261. The number of carbonyl (C=O) groups excluding carboxylic acids is 2. The number of amides is 2. The summed E-state index contributed by atoms with van der Waals surface area (Å²) in [7, 11) is 1.61. The van der Waals surface area contributed by atoms with Crippen LogP contribution in [0.2, 0.25) is 0 Å². The Labute approximate surface area is 194 Å². The van der Waals surface area contributed by atoms with Gasteiger partial charge in [-0.15, -0.1) is 0 Å². The van der Waals surface area contributed by atoms with Crippen LogP contribution >= 0.6 is 0 Å². The first-order valence-electron chi connectivity index (χ1n) is 11.2. The van der Waals surface area contributed by atoms with Crippen LogP contribution in [0, 0.1) is 12.8 Å². The maximum absolute atomic E-state index is 13.2. The van der Waals surface area contributed by atoms with Gasteiger partial charge in [-0.3, -0.25) is 14.6 Å². The lowest BCUT2D eigenvalue weighted by molar-refractivity contribution is -0.131. The van der Waals surface area contributed by atoms with Crippen molar-refractivity contribution >= 4 is 11.8 Å². The first-order chi connectivity index (χ1) is 16.0. The summed E-state index contributed by atoms with van der Waals surface area (Å²) in [6.45, 7) is 3.35. The van der Waals surface area contributed by atoms with Gasteiger partial charge in [0, 0.05) is 37.6 Å². The highest BCUT2D eigenvalue weighted by Crippen LogP contribution is 2.26. The van der Waals surface area contributed by atoms with Gasteiger partial charge < -0.3 is 15.0 Å². The summed E-state index contributed by atoms with van der Waals surface area (Å²) in [5, 5.41) is 2.99. The zero-order chi connectivity index (χ0) is 23.2. The van der Waals surface area contributed by atoms with E-state index in [1.165, 1.54) is 0 Å². The number of hydrogen-bond acceptors (Lipinski definition) is 4. The van der Waals surface area contributed by atoms with Gasteiger partial charge in [0.1, 0.15) is 5.75 Å². The van der Waals surface area contributed by atoms with E-state index in [4.69, 9.17) is 4.74 Å². The van der Waals surface area contributed by atoms with E-state index in [0.717, 1.165) is 27.8 Å². The number of hydrogen-bond donors (Lipinski definition) is 1. The first-order valence-corrected chi connectivity index (χ1v) is 11.2. The Morgan fingerprint density at radius 2 is 1.91 bits per heavy atom. The molecule has 0 spiro atoms. The van der Waals surface area contributed by atoms with Crippen LogP contribution in [0.25, 0.3) is 11.1 Å². The highest BCUT2D eigenvalue weighted by Gasteiger charge is 2.28. The van der Waals surface area contributed by atoms with Gasteiger partial charge in [0.05, 0.1) is 19.4 Å². The second-order valence-corrected chi connectivity index (χ2v) is 8.42. The van der Waals surface area contributed by atoms with Gasteiger partial charge in [-0.2, -0.15) is 0 Å². The molecule has 1 fully saturated rings. The molecule has 4 rings (SSSR count). The molecule has 1 unspecified atom stereocenters. The molecule has 1 N–H and O–H groups in total. The van der Waals surface area contributed by atoms with Crippen LogP contribution in [-0.4, -0.2) is 48.4 Å². The molecular formula is C27H29N3O3. The molecule has 1 saturated heterocycles. The van der Waals surface area contributed by atoms with Crippen LogP contribution in [0.4, 0.5) is 0 Å². The number of nitrogens with zero attached hydrogens (tertiary/aromatic N) is 2. The number of pyridine rings is 1. The highest BCUT2D eigenvalue weighted by atomic mass is 16.5. The normalized spacial score (nSPS) is 16.1. The Bertz CT molecular complexity index is 1130. The van der Waals surface area contributed by atoms with Crippen molar-refractivity contribution in [3.8, 4) is 16.9 Å². The number of aromatic nitrogens is 1. The summed E-state index contributed by atoms with van der Waals surface area (Å²) in [6.07, 6.45) is 4.34. The summed E-state index contributed by atoms with van der Waals surface area (Å²) in [5.74, 6) is 0.380. The van der Waals surface area contributed by atoms with Gasteiger partial charge in [-0.1, -0.05) is 42.0 Å². The molecule has 2 heterocycles. The summed E-state index contributed by atoms with van der Waals surface area (Å²) < 4.78 is 5.44. The lowest BCUT2D eigenvalue weighted by atomic mass is 9.91. The molecule has 3 aromatic rings. The Morgan fingerprint density at radius 1 is 1.12 bits per heavy atom. The lowest BCUT2D eigenvalue weighted by Crippen LogP contribution is -2.38. The van der Waals surface area contributed by atoms with E-state index in [0.29, 0.717) is 31.8 Å². The summed E-state index contributed by atoms with van der Waals surface area (Å²) in [6, 6.07) is 17.9. The maximum atomic E-state index is 13.2. The molecule has 1 aliphatic rings. The van der Waals surface area contributed by atoms with Crippen molar-refractivity contribution in [2.75, 3.05) is 26.7 Å². The van der Waals surface area contributed by atoms with Crippen molar-refractivity contribution in [1.82, 2.24) is 15.2 Å². The zero-order valence-electron chi connectivity index (χ0n) is 19.1. The smallest absolute Gasteiger partial charge is 0.227 e. The molecule has 0 bridgehead atoms. The number of methoxy groups -OCH3 is 1. The Kier molecular flexibility index (Phi) is 7.03. The monoisotopic (exact) mass is 443 g/mol. The molecule has 0 aliphatic carbocycles. The predicted molar refractivity (Wildman–Crippen MR) is 128 cm³/mol. The highest BCUT2D eigenvalue weighted by molar-refractivity contribution is 5.84. The van der Waals surface area contributed by atoms with Crippen molar-refractivity contribution in [1.29, 1.82) is 0 Å². The summed E-state index contributed by atoms with van der Waals surface area (Å²) in [4.78, 5) is 32.0. The Hall–Kier alpha value is -3.67. The number of rotatable bonds is 6. The molecule has 1 aromatic heterocycles. The Balaban J connectivity index is 1.53. The topological polar surface area (TPSA) is 71.5 Å². The SMILES string of the molecule is COc1ccc(C)cc1CC(=O)N1CCNC(=O)C(Cc2ccccc2-c2ccncc2)C1. The number of carbonyl (C=O) groups is 2. The van der Waals surface area contributed by atoms with E-state index in [2.05, 4.69) is 22.4 Å². The van der Waals surface area contributed by atoms with Crippen LogP contribution in [0.1, 0.15) is 16.7 Å². The van der Waals surface area contributed by atoms with Crippen LogP contribution in [-0.2, 0) is 22.4 Å². The molecule has 170 valence electrons. The van der Waals surface area contributed by atoms with Gasteiger partial charge in [0.2, 0.25) is 11.8 Å². The van der Waals surface area contributed by atoms with E-state index in [1.54, 1.807) is 24.4 Å². The predicted octanol–water partition coefficient (Wildman–Crippen LogP) is 3.43. The van der Waals surface area contributed by atoms with E-state index in [9.17, 15) is 9.59 Å². The molecule has 2 aromatic carbocycles. The maximum Gasteiger partial charge on any atom is 0.227 e. The van der Waals surface area contributed by atoms with E-state index < -0.39 is 0 Å². The van der Waals surface area contributed by atoms with Crippen molar-refractivity contribution in [2.45, 2.75) is 19.8 Å². The second-order valence-electron chi connectivity index (χ2n) is 8.42. The molecule has 1 aliphatic heterocycles. The number of nitrogens with one attached hydrogen (secondary N) is 1. The third-order valence-corrected chi connectivity index (χ3v) is 6.10. The fourth-order valence-electron chi connectivity index (χ4n) is 4.38. The molecule has 33 heavy (non-hydrogen) atoms. The zero-order valence-corrected chi connectivity index (χ0v) is 19.1. The lowest BCUT2D eigenvalue weighted by Gasteiger charge is -2.24. The van der Waals surface area contributed by atoms with Crippen molar-refractivity contribution < 1.29 is 14.3 Å². The molecule has 6 nitrogen and oxygen atoms in total. The summed E-state index contributed by atoms with van der Waals surface area (Å²) >= 11 is 0. The largest absolute Gasteiger partial charge is 0.496 e. The average molecular weight is 444 g/mol. The third kappa shape index (κ3) is 5.40. The average Bonchev–Trinajstić information content (AvgIpc) is 3.01. The number of benzene rings is 2. The second kappa shape index (κ2) is 10.3. The molecule has 6 heteroatoms. The van der Waals surface area contributed by atoms with Crippen LogP contribution in [0.15, 0.2) is 67.0 Å². The van der Waals surface area contributed by atoms with Crippen molar-refractivity contribution in [3.63, 3.8) is 0 Å². The van der Waals surface area contributed by atoms with Gasteiger partial charge >= 0.3 is 0 Å². The number of ether oxygens (including phenoxy) is 1. The van der Waals surface area contributed by atoms with Crippen LogP contribution in [0.3, 0.4) is 0 Å². The van der Waals surface area contributed by atoms with Crippen LogP contribution < -0.4 is 10.1 Å². The fourth-order valence-corrected chi connectivity index (χ4v) is 4.38. The molecule has 0 saturated carbocycles. The number of aryl methyl sites for hydroxylation is 1. The minimum Gasteiger partial charge on any atom is -0.496 e. The van der Waals surface area contributed by atoms with Crippen molar-refractivity contribution in [3.05, 3.63) is 83.7 Å². The van der Waals surface area contributed by atoms with E-state index in [1.807, 2.05) is 49.4 Å². The van der Waals surface area contributed by atoms with E-state index in [-0.39, 0.29) is 24.2 Å². The fraction of sp³-hybridized carbons (Fsp3) is 0.296.